The van der Waals surface area contributed by atoms with E-state index in [0.717, 1.165) is 16.7 Å². The highest BCUT2D eigenvalue weighted by atomic mass is 16.5. The van der Waals surface area contributed by atoms with Gasteiger partial charge in [-0.15, -0.1) is 0 Å². The van der Waals surface area contributed by atoms with Gasteiger partial charge in [0.15, 0.2) is 0 Å². The van der Waals surface area contributed by atoms with E-state index in [1.54, 1.807) is 6.08 Å². The summed E-state index contributed by atoms with van der Waals surface area (Å²) in [6.45, 7) is 3.74. The first kappa shape index (κ1) is 12.1. The van der Waals surface area contributed by atoms with Gasteiger partial charge in [0.1, 0.15) is 0 Å². The Labute approximate surface area is 107 Å². The second-order valence-electron chi connectivity index (χ2n) is 3.83. The average molecular weight is 238 g/mol. The van der Waals surface area contributed by atoms with Gasteiger partial charge in [0.05, 0.1) is 12.7 Å². The number of carbonyl (C=O) groups excluding carboxylic acids is 1. The third-order valence-corrected chi connectivity index (χ3v) is 2.79. The molecule has 2 nitrogen and oxygen atoms in total. The molecular formula is C16H14O2. The monoisotopic (exact) mass is 238 g/mol. The quantitative estimate of drug-likeness (QED) is 0.760. The number of ether oxygens (including phenoxy) is 1. The smallest absolute Gasteiger partial charge is 0.339 e. The summed E-state index contributed by atoms with van der Waals surface area (Å²) in [6.07, 6.45) is 1.67. The van der Waals surface area contributed by atoms with Crippen LogP contribution in [0.5, 0.6) is 0 Å². The minimum atomic E-state index is -0.343. The number of hydrogen-bond acceptors (Lipinski definition) is 2. The van der Waals surface area contributed by atoms with Crippen LogP contribution in [0, 0.1) is 0 Å². The largest absolute Gasteiger partial charge is 0.465 e. The van der Waals surface area contributed by atoms with Gasteiger partial charge in [-0.05, 0) is 16.7 Å². The molecule has 0 bridgehead atoms. The molecule has 2 aromatic carbocycles. The van der Waals surface area contributed by atoms with E-state index in [-0.39, 0.29) is 5.97 Å². The van der Waals surface area contributed by atoms with E-state index >= 15 is 0 Å². The number of carbonyl (C=O) groups is 1. The molecule has 0 saturated carbocycles. The van der Waals surface area contributed by atoms with E-state index in [1.807, 2.05) is 48.5 Å². The summed E-state index contributed by atoms with van der Waals surface area (Å²) in [6, 6.07) is 15.4. The van der Waals surface area contributed by atoms with Crippen molar-refractivity contribution in [1.82, 2.24) is 0 Å². The highest BCUT2D eigenvalue weighted by Crippen LogP contribution is 2.27. The van der Waals surface area contributed by atoms with Crippen molar-refractivity contribution in [2.24, 2.45) is 0 Å². The van der Waals surface area contributed by atoms with Crippen LogP contribution in [0.25, 0.3) is 17.2 Å². The van der Waals surface area contributed by atoms with E-state index in [4.69, 9.17) is 4.74 Å². The summed E-state index contributed by atoms with van der Waals surface area (Å²) in [5.41, 5.74) is 3.19. The van der Waals surface area contributed by atoms with Gasteiger partial charge in [-0.2, -0.15) is 0 Å². The maximum Gasteiger partial charge on any atom is 0.339 e. The summed E-state index contributed by atoms with van der Waals surface area (Å²) in [5.74, 6) is -0.343. The Balaban J connectivity index is 2.67. The Morgan fingerprint density at radius 1 is 1.11 bits per heavy atom. The number of methoxy groups -OCH3 is 1. The molecule has 0 fully saturated rings. The molecular weight excluding hydrogens is 224 g/mol. The number of benzene rings is 2. The Bertz CT molecular complexity index is 571. The molecule has 0 aliphatic rings. The van der Waals surface area contributed by atoms with Crippen LogP contribution in [0.4, 0.5) is 0 Å². The van der Waals surface area contributed by atoms with Crippen LogP contribution in [0.1, 0.15) is 15.9 Å². The van der Waals surface area contributed by atoms with Gasteiger partial charge < -0.3 is 4.74 Å². The van der Waals surface area contributed by atoms with Gasteiger partial charge in [-0.25, -0.2) is 4.79 Å². The summed E-state index contributed by atoms with van der Waals surface area (Å²) in [4.78, 5) is 11.9. The Hall–Kier alpha value is -2.35. The molecule has 0 saturated heterocycles. The molecule has 18 heavy (non-hydrogen) atoms. The second-order valence-corrected chi connectivity index (χ2v) is 3.83. The number of esters is 1. The van der Waals surface area contributed by atoms with Crippen molar-refractivity contribution in [1.29, 1.82) is 0 Å². The lowest BCUT2D eigenvalue weighted by Crippen LogP contribution is -2.06. The standard InChI is InChI=1S/C16H14O2/c1-3-12-10-7-11-14(15(12)16(17)18-2)13-8-5-4-6-9-13/h3-11H,1H2,2H3. The first-order valence-corrected chi connectivity index (χ1v) is 5.67. The first-order chi connectivity index (χ1) is 8.77. The van der Waals surface area contributed by atoms with Crippen molar-refractivity contribution in [2.45, 2.75) is 0 Å². The molecule has 0 amide bonds. The lowest BCUT2D eigenvalue weighted by Gasteiger charge is -2.11. The van der Waals surface area contributed by atoms with Crippen LogP contribution >= 0.6 is 0 Å². The fourth-order valence-corrected chi connectivity index (χ4v) is 1.93. The van der Waals surface area contributed by atoms with E-state index in [0.29, 0.717) is 5.56 Å². The fraction of sp³-hybridized carbons (Fsp3) is 0.0625. The molecule has 2 rings (SSSR count). The fourth-order valence-electron chi connectivity index (χ4n) is 1.93. The molecule has 0 aliphatic heterocycles. The maximum absolute atomic E-state index is 11.9. The lowest BCUT2D eigenvalue weighted by molar-refractivity contribution is 0.0601. The Morgan fingerprint density at radius 3 is 2.44 bits per heavy atom. The lowest BCUT2D eigenvalue weighted by atomic mass is 9.95. The van der Waals surface area contributed by atoms with Crippen LogP contribution < -0.4 is 0 Å². The molecule has 2 aromatic rings. The highest BCUT2D eigenvalue weighted by molar-refractivity contribution is 6.00. The molecule has 0 aromatic heterocycles. The van der Waals surface area contributed by atoms with E-state index in [1.165, 1.54) is 7.11 Å². The minimum Gasteiger partial charge on any atom is -0.465 e. The molecule has 0 radical (unpaired) electrons. The van der Waals surface area contributed by atoms with Gasteiger partial charge in [0, 0.05) is 0 Å². The molecule has 0 N–H and O–H groups in total. The normalized spacial score (nSPS) is 9.83. The minimum absolute atomic E-state index is 0.343. The third kappa shape index (κ3) is 2.18. The van der Waals surface area contributed by atoms with Crippen molar-refractivity contribution in [3.8, 4) is 11.1 Å². The van der Waals surface area contributed by atoms with Crippen molar-refractivity contribution in [3.63, 3.8) is 0 Å². The van der Waals surface area contributed by atoms with Crippen molar-refractivity contribution in [3.05, 3.63) is 66.2 Å². The number of rotatable bonds is 3. The zero-order valence-electron chi connectivity index (χ0n) is 10.2. The predicted molar refractivity (Wildman–Crippen MR) is 73.3 cm³/mol. The zero-order chi connectivity index (χ0) is 13.0. The molecule has 0 atom stereocenters. The van der Waals surface area contributed by atoms with Gasteiger partial charge in [-0.3, -0.25) is 0 Å². The Kier molecular flexibility index (Phi) is 3.58. The molecule has 2 heteroatoms. The average Bonchev–Trinajstić information content (AvgIpc) is 2.46. The second kappa shape index (κ2) is 5.32. The Morgan fingerprint density at radius 2 is 1.83 bits per heavy atom. The molecule has 0 spiro atoms. The van der Waals surface area contributed by atoms with Crippen molar-refractivity contribution < 1.29 is 9.53 Å². The van der Waals surface area contributed by atoms with E-state index < -0.39 is 0 Å². The predicted octanol–water partition coefficient (Wildman–Crippen LogP) is 3.78. The summed E-state index contributed by atoms with van der Waals surface area (Å²) in [7, 11) is 1.39. The van der Waals surface area contributed by atoms with Crippen LogP contribution in [0.3, 0.4) is 0 Å². The van der Waals surface area contributed by atoms with Crippen LogP contribution in [-0.4, -0.2) is 13.1 Å². The topological polar surface area (TPSA) is 26.3 Å². The third-order valence-electron chi connectivity index (χ3n) is 2.79. The highest BCUT2D eigenvalue weighted by Gasteiger charge is 2.16. The van der Waals surface area contributed by atoms with Gasteiger partial charge in [0.25, 0.3) is 0 Å². The van der Waals surface area contributed by atoms with E-state index in [9.17, 15) is 4.79 Å². The molecule has 0 unspecified atom stereocenters. The van der Waals surface area contributed by atoms with Crippen LogP contribution in [0.15, 0.2) is 55.1 Å². The summed E-state index contributed by atoms with van der Waals surface area (Å²) >= 11 is 0. The van der Waals surface area contributed by atoms with Gasteiger partial charge >= 0.3 is 5.97 Å². The first-order valence-electron chi connectivity index (χ1n) is 5.67. The summed E-state index contributed by atoms with van der Waals surface area (Å²) in [5, 5.41) is 0. The van der Waals surface area contributed by atoms with Crippen LogP contribution in [-0.2, 0) is 4.74 Å². The van der Waals surface area contributed by atoms with Crippen molar-refractivity contribution >= 4 is 12.0 Å². The van der Waals surface area contributed by atoms with Crippen molar-refractivity contribution in [2.75, 3.05) is 7.11 Å². The zero-order valence-corrected chi connectivity index (χ0v) is 10.2. The summed E-state index contributed by atoms with van der Waals surface area (Å²) < 4.78 is 4.85. The van der Waals surface area contributed by atoms with Crippen LogP contribution in [0.2, 0.25) is 0 Å². The molecule has 0 heterocycles. The number of hydrogen-bond donors (Lipinski definition) is 0. The molecule has 90 valence electrons. The maximum atomic E-state index is 11.9. The SMILES string of the molecule is C=Cc1cccc(-c2ccccc2)c1C(=O)OC. The van der Waals surface area contributed by atoms with E-state index in [2.05, 4.69) is 6.58 Å². The van der Waals surface area contributed by atoms with Gasteiger partial charge in [0.2, 0.25) is 0 Å². The molecule has 0 aliphatic carbocycles. The van der Waals surface area contributed by atoms with Gasteiger partial charge in [-0.1, -0.05) is 61.2 Å².